The maximum Gasteiger partial charge on any atom is 0.138 e. The molecule has 1 heterocycles. The number of phenolic OH excluding ortho intramolecular Hbond substituents is 1. The summed E-state index contributed by atoms with van der Waals surface area (Å²) in [5, 5.41) is 16.6. The molecule has 1 atom stereocenters. The molecule has 0 radical (unpaired) electrons. The van der Waals surface area contributed by atoms with Crippen molar-refractivity contribution in [3.05, 3.63) is 46.8 Å². The normalized spacial score (nSPS) is 12.6. The molecule has 0 fully saturated rings. The van der Waals surface area contributed by atoms with Gasteiger partial charge in [0.15, 0.2) is 0 Å². The fourth-order valence-corrected chi connectivity index (χ4v) is 2.10. The average Bonchev–Trinajstić information content (AvgIpc) is 2.68. The SMILES string of the molecule is Cc1noc(C)c1C(C)NCc1ccc(O)cc1. The largest absolute Gasteiger partial charge is 0.508 e. The fourth-order valence-electron chi connectivity index (χ4n) is 2.10. The Morgan fingerprint density at radius 3 is 2.50 bits per heavy atom. The van der Waals surface area contributed by atoms with Crippen molar-refractivity contribution in [2.75, 3.05) is 0 Å². The Bertz CT molecular complexity index is 498. The van der Waals surface area contributed by atoms with Gasteiger partial charge in [-0.2, -0.15) is 0 Å². The smallest absolute Gasteiger partial charge is 0.138 e. The van der Waals surface area contributed by atoms with E-state index in [1.807, 2.05) is 26.0 Å². The average molecular weight is 246 g/mol. The number of benzene rings is 1. The number of hydrogen-bond acceptors (Lipinski definition) is 4. The van der Waals surface area contributed by atoms with Crippen molar-refractivity contribution < 1.29 is 9.63 Å². The molecule has 96 valence electrons. The molecule has 0 aliphatic heterocycles. The summed E-state index contributed by atoms with van der Waals surface area (Å²) >= 11 is 0. The molecule has 1 unspecified atom stereocenters. The zero-order valence-corrected chi connectivity index (χ0v) is 10.9. The van der Waals surface area contributed by atoms with Crippen molar-refractivity contribution in [3.63, 3.8) is 0 Å². The van der Waals surface area contributed by atoms with Gasteiger partial charge in [0.2, 0.25) is 0 Å². The quantitative estimate of drug-likeness (QED) is 0.871. The van der Waals surface area contributed by atoms with E-state index in [2.05, 4.69) is 17.4 Å². The minimum atomic E-state index is 0.185. The fraction of sp³-hybridized carbons (Fsp3) is 0.357. The highest BCUT2D eigenvalue weighted by atomic mass is 16.5. The molecule has 2 aromatic rings. The highest BCUT2D eigenvalue weighted by molar-refractivity contribution is 5.27. The number of aromatic hydroxyl groups is 1. The van der Waals surface area contributed by atoms with E-state index < -0.39 is 0 Å². The highest BCUT2D eigenvalue weighted by Gasteiger charge is 2.15. The van der Waals surface area contributed by atoms with Crippen LogP contribution in [0.5, 0.6) is 5.75 Å². The molecule has 4 nitrogen and oxygen atoms in total. The molecule has 1 aromatic carbocycles. The van der Waals surface area contributed by atoms with Gasteiger partial charge in [-0.05, 0) is 38.5 Å². The molecule has 2 N–H and O–H groups in total. The third-order valence-electron chi connectivity index (χ3n) is 3.07. The molecule has 0 aliphatic rings. The summed E-state index contributed by atoms with van der Waals surface area (Å²) in [4.78, 5) is 0. The van der Waals surface area contributed by atoms with Crippen LogP contribution < -0.4 is 5.32 Å². The number of nitrogens with zero attached hydrogens (tertiary/aromatic N) is 1. The Morgan fingerprint density at radius 2 is 1.94 bits per heavy atom. The summed E-state index contributed by atoms with van der Waals surface area (Å²) in [6, 6.07) is 7.38. The number of aryl methyl sites for hydroxylation is 2. The number of phenols is 1. The van der Waals surface area contributed by atoms with Crippen molar-refractivity contribution in [2.45, 2.75) is 33.4 Å². The van der Waals surface area contributed by atoms with Crippen LogP contribution in [0.15, 0.2) is 28.8 Å². The predicted molar refractivity (Wildman–Crippen MR) is 69.3 cm³/mol. The summed E-state index contributed by atoms with van der Waals surface area (Å²) in [5.41, 5.74) is 3.18. The standard InChI is InChI=1S/C14H18N2O2/c1-9(14-10(2)16-18-11(14)3)15-8-12-4-6-13(17)7-5-12/h4-7,9,15,17H,8H2,1-3H3. The lowest BCUT2D eigenvalue weighted by molar-refractivity contribution is 0.390. The van der Waals surface area contributed by atoms with Crippen LogP contribution in [0.4, 0.5) is 0 Å². The lowest BCUT2D eigenvalue weighted by Gasteiger charge is -2.13. The van der Waals surface area contributed by atoms with Gasteiger partial charge in [0.25, 0.3) is 0 Å². The van der Waals surface area contributed by atoms with Crippen molar-refractivity contribution >= 4 is 0 Å². The maximum absolute atomic E-state index is 9.22. The second-order valence-electron chi connectivity index (χ2n) is 4.51. The molecular weight excluding hydrogens is 228 g/mol. The lowest BCUT2D eigenvalue weighted by Crippen LogP contribution is -2.19. The molecule has 0 saturated heterocycles. The summed E-state index contributed by atoms with van der Waals surface area (Å²) < 4.78 is 5.16. The number of aromatic nitrogens is 1. The minimum absolute atomic E-state index is 0.185. The molecule has 0 aliphatic carbocycles. The van der Waals surface area contributed by atoms with Gasteiger partial charge in [-0.25, -0.2) is 0 Å². The molecule has 0 bridgehead atoms. The van der Waals surface area contributed by atoms with Crippen molar-refractivity contribution in [2.24, 2.45) is 0 Å². The molecule has 2 rings (SSSR count). The number of hydrogen-bond donors (Lipinski definition) is 2. The Morgan fingerprint density at radius 1 is 1.28 bits per heavy atom. The van der Waals surface area contributed by atoms with Gasteiger partial charge in [0.05, 0.1) is 5.69 Å². The summed E-state index contributed by atoms with van der Waals surface area (Å²) in [5.74, 6) is 1.15. The zero-order chi connectivity index (χ0) is 13.1. The monoisotopic (exact) mass is 246 g/mol. The third kappa shape index (κ3) is 2.71. The van der Waals surface area contributed by atoms with E-state index in [9.17, 15) is 5.11 Å². The lowest BCUT2D eigenvalue weighted by atomic mass is 10.1. The summed E-state index contributed by atoms with van der Waals surface area (Å²) in [6.45, 7) is 6.71. The van der Waals surface area contributed by atoms with Crippen LogP contribution in [0, 0.1) is 13.8 Å². The minimum Gasteiger partial charge on any atom is -0.508 e. The van der Waals surface area contributed by atoms with Crippen molar-refractivity contribution in [1.82, 2.24) is 10.5 Å². The highest BCUT2D eigenvalue weighted by Crippen LogP contribution is 2.21. The van der Waals surface area contributed by atoms with Gasteiger partial charge in [-0.1, -0.05) is 17.3 Å². The van der Waals surface area contributed by atoms with E-state index in [0.29, 0.717) is 0 Å². The zero-order valence-electron chi connectivity index (χ0n) is 10.9. The van der Waals surface area contributed by atoms with Crippen LogP contribution in [-0.2, 0) is 6.54 Å². The number of nitrogens with one attached hydrogen (secondary N) is 1. The molecule has 0 amide bonds. The van der Waals surface area contributed by atoms with E-state index in [1.165, 1.54) is 0 Å². The Hall–Kier alpha value is -1.81. The first-order chi connectivity index (χ1) is 8.58. The van der Waals surface area contributed by atoms with Crippen molar-refractivity contribution in [3.8, 4) is 5.75 Å². The molecule has 0 spiro atoms. The maximum atomic E-state index is 9.22. The third-order valence-corrected chi connectivity index (χ3v) is 3.07. The van der Waals surface area contributed by atoms with Crippen LogP contribution in [-0.4, -0.2) is 10.3 Å². The molecule has 18 heavy (non-hydrogen) atoms. The van der Waals surface area contributed by atoms with E-state index >= 15 is 0 Å². The topological polar surface area (TPSA) is 58.3 Å². The van der Waals surface area contributed by atoms with Gasteiger partial charge >= 0.3 is 0 Å². The number of rotatable bonds is 4. The van der Waals surface area contributed by atoms with Crippen molar-refractivity contribution in [1.29, 1.82) is 0 Å². The van der Waals surface area contributed by atoms with Crippen LogP contribution in [0.25, 0.3) is 0 Å². The van der Waals surface area contributed by atoms with E-state index in [0.717, 1.165) is 29.1 Å². The predicted octanol–water partition coefficient (Wildman–Crippen LogP) is 2.85. The first kappa shape index (κ1) is 12.6. The van der Waals surface area contributed by atoms with Crippen LogP contribution >= 0.6 is 0 Å². The van der Waals surface area contributed by atoms with E-state index in [1.54, 1.807) is 12.1 Å². The summed E-state index contributed by atoms with van der Waals surface area (Å²) in [6.07, 6.45) is 0. The van der Waals surface area contributed by atoms with E-state index in [-0.39, 0.29) is 11.8 Å². The Balaban J connectivity index is 2.00. The molecule has 1 aromatic heterocycles. The molecular formula is C14H18N2O2. The second-order valence-corrected chi connectivity index (χ2v) is 4.51. The Labute approximate surface area is 107 Å². The molecule has 4 heteroatoms. The Kier molecular flexibility index (Phi) is 3.67. The van der Waals surface area contributed by atoms with Gasteiger partial charge in [-0.15, -0.1) is 0 Å². The second kappa shape index (κ2) is 5.23. The van der Waals surface area contributed by atoms with Crippen LogP contribution in [0.1, 0.15) is 35.5 Å². The van der Waals surface area contributed by atoms with E-state index in [4.69, 9.17) is 4.52 Å². The van der Waals surface area contributed by atoms with Crippen LogP contribution in [0.3, 0.4) is 0 Å². The van der Waals surface area contributed by atoms with Gasteiger partial charge in [-0.3, -0.25) is 0 Å². The van der Waals surface area contributed by atoms with Gasteiger partial charge in [0, 0.05) is 18.2 Å². The van der Waals surface area contributed by atoms with Gasteiger partial charge < -0.3 is 14.9 Å². The first-order valence-electron chi connectivity index (χ1n) is 6.02. The molecule has 0 saturated carbocycles. The van der Waals surface area contributed by atoms with Gasteiger partial charge in [0.1, 0.15) is 11.5 Å². The van der Waals surface area contributed by atoms with Crippen LogP contribution in [0.2, 0.25) is 0 Å². The first-order valence-corrected chi connectivity index (χ1v) is 6.02. The summed E-state index contributed by atoms with van der Waals surface area (Å²) in [7, 11) is 0.